The second-order valence-corrected chi connectivity index (χ2v) is 6.55. The van der Waals surface area contributed by atoms with Crippen LogP contribution in [0.1, 0.15) is 55.5 Å². The van der Waals surface area contributed by atoms with Gasteiger partial charge in [-0.2, -0.15) is 0 Å². The summed E-state index contributed by atoms with van der Waals surface area (Å²) in [4.78, 5) is 14.6. The van der Waals surface area contributed by atoms with Crippen molar-refractivity contribution < 1.29 is 4.79 Å². The van der Waals surface area contributed by atoms with E-state index in [1.54, 1.807) is 0 Å². The van der Waals surface area contributed by atoms with Crippen molar-refractivity contribution in [2.24, 2.45) is 5.41 Å². The lowest BCUT2D eigenvalue weighted by atomic mass is 9.78. The fraction of sp³-hybridized carbons (Fsp3) is 0.611. The quantitative estimate of drug-likeness (QED) is 0.753. The van der Waals surface area contributed by atoms with Gasteiger partial charge in [-0.15, -0.1) is 0 Å². The number of rotatable bonds is 5. The molecule has 0 radical (unpaired) electrons. The van der Waals surface area contributed by atoms with Crippen LogP contribution in [0.5, 0.6) is 0 Å². The average molecular weight is 273 g/mol. The van der Waals surface area contributed by atoms with Crippen molar-refractivity contribution in [3.63, 3.8) is 0 Å². The largest absolute Gasteiger partial charge is 0.303 e. The molecule has 1 fully saturated rings. The predicted octanol–water partition coefficient (Wildman–Crippen LogP) is 4.08. The molecule has 0 spiro atoms. The Hall–Kier alpha value is -1.15. The van der Waals surface area contributed by atoms with E-state index in [2.05, 4.69) is 18.7 Å². The summed E-state index contributed by atoms with van der Waals surface area (Å²) < 4.78 is 0. The summed E-state index contributed by atoms with van der Waals surface area (Å²) in [6.45, 7) is 9.93. The maximum absolute atomic E-state index is 12.2. The van der Waals surface area contributed by atoms with Crippen LogP contribution in [0.4, 0.5) is 0 Å². The zero-order chi connectivity index (χ0) is 14.6. The molecule has 1 saturated heterocycles. The van der Waals surface area contributed by atoms with Gasteiger partial charge in [-0.25, -0.2) is 0 Å². The van der Waals surface area contributed by atoms with Gasteiger partial charge in [-0.05, 0) is 38.3 Å². The first-order valence-electron chi connectivity index (χ1n) is 7.85. The topological polar surface area (TPSA) is 20.3 Å². The number of Topliss-reactive ketones (excluding diaryl/α,β-unsaturated/α-hetero) is 1. The summed E-state index contributed by atoms with van der Waals surface area (Å²) in [5, 5.41) is 0. The van der Waals surface area contributed by atoms with E-state index in [4.69, 9.17) is 0 Å². The molecule has 1 aliphatic heterocycles. The zero-order valence-electron chi connectivity index (χ0n) is 13.1. The monoisotopic (exact) mass is 273 g/mol. The van der Waals surface area contributed by atoms with Crippen molar-refractivity contribution in [1.82, 2.24) is 4.90 Å². The minimum Gasteiger partial charge on any atom is -0.303 e. The van der Waals surface area contributed by atoms with E-state index < -0.39 is 0 Å². The maximum atomic E-state index is 12.2. The van der Waals surface area contributed by atoms with Crippen molar-refractivity contribution in [1.29, 1.82) is 0 Å². The highest BCUT2D eigenvalue weighted by molar-refractivity contribution is 5.96. The Kier molecular flexibility index (Phi) is 4.98. The predicted molar refractivity (Wildman–Crippen MR) is 84.2 cm³/mol. The summed E-state index contributed by atoms with van der Waals surface area (Å²) in [5.74, 6) is 0.272. The van der Waals surface area contributed by atoms with E-state index >= 15 is 0 Å². The summed E-state index contributed by atoms with van der Waals surface area (Å²) in [6, 6.07) is 7.92. The molecular weight excluding hydrogens is 246 g/mol. The number of benzene rings is 1. The van der Waals surface area contributed by atoms with Crippen LogP contribution < -0.4 is 0 Å². The van der Waals surface area contributed by atoms with Gasteiger partial charge in [0.05, 0.1) is 0 Å². The molecule has 0 unspecified atom stereocenters. The summed E-state index contributed by atoms with van der Waals surface area (Å²) in [7, 11) is 0. The van der Waals surface area contributed by atoms with Gasteiger partial charge in [-0.3, -0.25) is 4.79 Å². The van der Waals surface area contributed by atoms with Crippen molar-refractivity contribution >= 4 is 5.78 Å². The first-order valence-corrected chi connectivity index (χ1v) is 7.85. The van der Waals surface area contributed by atoms with Gasteiger partial charge < -0.3 is 4.90 Å². The molecule has 2 heteroatoms. The lowest BCUT2D eigenvalue weighted by molar-refractivity contribution is 0.0902. The Labute approximate surface area is 123 Å². The number of likely N-dealkylation sites (tertiary alicyclic amines) is 1. The van der Waals surface area contributed by atoms with Crippen molar-refractivity contribution in [2.75, 3.05) is 19.6 Å². The number of nitrogens with zero attached hydrogens (tertiary/aromatic N) is 1. The van der Waals surface area contributed by atoms with Crippen LogP contribution in [0.15, 0.2) is 24.3 Å². The number of aryl methyl sites for hydroxylation is 1. The highest BCUT2D eigenvalue weighted by atomic mass is 16.1. The number of carbonyl (C=O) groups excluding carboxylic acids is 1. The van der Waals surface area contributed by atoms with E-state index in [1.807, 2.05) is 31.2 Å². The van der Waals surface area contributed by atoms with E-state index in [1.165, 1.54) is 24.8 Å². The lowest BCUT2D eigenvalue weighted by Crippen LogP contribution is -2.39. The first-order chi connectivity index (χ1) is 9.52. The average Bonchev–Trinajstić information content (AvgIpc) is 2.47. The van der Waals surface area contributed by atoms with Crippen LogP contribution >= 0.6 is 0 Å². The Morgan fingerprint density at radius 3 is 2.35 bits per heavy atom. The maximum Gasteiger partial charge on any atom is 0.164 e. The zero-order valence-corrected chi connectivity index (χ0v) is 13.1. The smallest absolute Gasteiger partial charge is 0.164 e. The minimum atomic E-state index is 0.272. The summed E-state index contributed by atoms with van der Waals surface area (Å²) in [5.41, 5.74) is 2.58. The van der Waals surface area contributed by atoms with Crippen LogP contribution in [0.25, 0.3) is 0 Å². The van der Waals surface area contributed by atoms with Crippen LogP contribution in [-0.2, 0) is 0 Å². The van der Waals surface area contributed by atoms with Gasteiger partial charge in [0.25, 0.3) is 0 Å². The molecule has 1 aromatic carbocycles. The molecule has 1 aliphatic rings. The number of ketones is 1. The van der Waals surface area contributed by atoms with Gasteiger partial charge >= 0.3 is 0 Å². The van der Waals surface area contributed by atoms with E-state index in [0.717, 1.165) is 25.2 Å². The molecule has 2 rings (SSSR count). The molecule has 0 bridgehead atoms. The van der Waals surface area contributed by atoms with Gasteiger partial charge in [0.2, 0.25) is 0 Å². The van der Waals surface area contributed by atoms with E-state index in [9.17, 15) is 4.79 Å². The third kappa shape index (κ3) is 3.92. The van der Waals surface area contributed by atoms with E-state index in [0.29, 0.717) is 11.8 Å². The van der Waals surface area contributed by atoms with Gasteiger partial charge in [0, 0.05) is 18.5 Å². The normalized spacial score (nSPS) is 18.9. The van der Waals surface area contributed by atoms with Gasteiger partial charge in [0.1, 0.15) is 0 Å². The molecule has 0 atom stereocenters. The summed E-state index contributed by atoms with van der Waals surface area (Å²) in [6.07, 6.45) is 4.44. The van der Waals surface area contributed by atoms with Crippen LogP contribution in [0.3, 0.4) is 0 Å². The molecular formula is C18H27NO. The molecule has 110 valence electrons. The SMILES string of the molecule is CCC1(C)CCN(CCC(=O)c2ccc(C)cc2)CC1. The molecule has 20 heavy (non-hydrogen) atoms. The minimum absolute atomic E-state index is 0.272. The molecule has 0 saturated carbocycles. The second kappa shape index (κ2) is 6.53. The summed E-state index contributed by atoms with van der Waals surface area (Å²) >= 11 is 0. The highest BCUT2D eigenvalue weighted by Gasteiger charge is 2.28. The fourth-order valence-corrected chi connectivity index (χ4v) is 2.81. The van der Waals surface area contributed by atoms with Crippen molar-refractivity contribution in [2.45, 2.75) is 46.5 Å². The molecule has 1 aromatic rings. The molecule has 2 nitrogen and oxygen atoms in total. The van der Waals surface area contributed by atoms with E-state index in [-0.39, 0.29) is 5.78 Å². The standard InChI is InChI=1S/C18H27NO/c1-4-18(3)10-13-19(14-11-18)12-9-17(20)16-7-5-15(2)6-8-16/h5-8H,4,9-14H2,1-3H3. The number of hydrogen-bond donors (Lipinski definition) is 0. The van der Waals surface area contributed by atoms with Crippen LogP contribution in [-0.4, -0.2) is 30.3 Å². The Balaban J connectivity index is 1.79. The highest BCUT2D eigenvalue weighted by Crippen LogP contribution is 2.33. The van der Waals surface area contributed by atoms with Crippen LogP contribution in [0, 0.1) is 12.3 Å². The number of hydrogen-bond acceptors (Lipinski definition) is 2. The molecule has 0 aliphatic carbocycles. The van der Waals surface area contributed by atoms with Gasteiger partial charge in [-0.1, -0.05) is 50.1 Å². The Morgan fingerprint density at radius 1 is 1.20 bits per heavy atom. The van der Waals surface area contributed by atoms with Crippen molar-refractivity contribution in [3.05, 3.63) is 35.4 Å². The number of carbonyl (C=O) groups is 1. The first kappa shape index (κ1) is 15.2. The second-order valence-electron chi connectivity index (χ2n) is 6.55. The Morgan fingerprint density at radius 2 is 1.80 bits per heavy atom. The fourth-order valence-electron chi connectivity index (χ4n) is 2.81. The third-order valence-corrected chi connectivity index (χ3v) is 4.95. The van der Waals surface area contributed by atoms with Crippen LogP contribution in [0.2, 0.25) is 0 Å². The van der Waals surface area contributed by atoms with Gasteiger partial charge in [0.15, 0.2) is 5.78 Å². The Bertz CT molecular complexity index is 441. The molecule has 0 N–H and O–H groups in total. The number of piperidine rings is 1. The van der Waals surface area contributed by atoms with Crippen molar-refractivity contribution in [3.8, 4) is 0 Å². The molecule has 0 aromatic heterocycles. The molecule has 0 amide bonds. The molecule has 1 heterocycles. The third-order valence-electron chi connectivity index (χ3n) is 4.95. The lowest BCUT2D eigenvalue weighted by Gasteiger charge is -2.38.